The third kappa shape index (κ3) is 3.55. The molecule has 4 aliphatic rings. The van der Waals surface area contributed by atoms with Gasteiger partial charge in [-0.3, -0.25) is 9.59 Å². The number of hydrogen-bond acceptors (Lipinski definition) is 4. The molecule has 4 heteroatoms. The molecule has 1 aromatic carbocycles. The number of allylic oxidation sites excluding steroid dienone is 1. The van der Waals surface area contributed by atoms with Crippen LogP contribution in [-0.2, 0) is 25.7 Å². The minimum atomic E-state index is -0.222. The highest BCUT2D eigenvalue weighted by Crippen LogP contribution is 2.64. The molecule has 7 atom stereocenters. The van der Waals surface area contributed by atoms with E-state index < -0.39 is 0 Å². The van der Waals surface area contributed by atoms with Gasteiger partial charge in [0.1, 0.15) is 6.10 Å². The first-order valence-electron chi connectivity index (χ1n) is 12.4. The predicted octanol–water partition coefficient (Wildman–Crippen LogP) is 5.65. The monoisotopic (exact) mass is 436 g/mol. The Morgan fingerprint density at radius 3 is 2.56 bits per heavy atom. The van der Waals surface area contributed by atoms with E-state index in [4.69, 9.17) is 9.47 Å². The minimum Gasteiger partial charge on any atom is -0.462 e. The number of carbonyl (C=O) groups is 2. The van der Waals surface area contributed by atoms with Crippen LogP contribution in [0.5, 0.6) is 0 Å². The molecular weight excluding hydrogens is 400 g/mol. The van der Waals surface area contributed by atoms with Crippen molar-refractivity contribution in [1.82, 2.24) is 0 Å². The lowest BCUT2D eigenvalue weighted by molar-refractivity contribution is -0.150. The van der Waals surface area contributed by atoms with Crippen LogP contribution in [-0.4, -0.2) is 24.0 Å². The van der Waals surface area contributed by atoms with Crippen LogP contribution in [0.3, 0.4) is 0 Å². The zero-order chi connectivity index (χ0) is 22.5. The molecule has 4 aliphatic carbocycles. The number of benzene rings is 1. The van der Waals surface area contributed by atoms with Gasteiger partial charge in [0.05, 0.1) is 12.7 Å². The van der Waals surface area contributed by atoms with Crippen molar-refractivity contribution in [2.45, 2.75) is 84.5 Å². The predicted molar refractivity (Wildman–Crippen MR) is 123 cm³/mol. The van der Waals surface area contributed by atoms with Crippen molar-refractivity contribution in [1.29, 1.82) is 0 Å². The SMILES string of the molecule is CC(=O)O[C@H]1CC[C@@]2(C)C(=CC(=O)[C@@H]3[C@H]4CC[C@H](OCc5ccccc5)[C@]4(C)CC[C@H]32)C1. The van der Waals surface area contributed by atoms with E-state index in [2.05, 4.69) is 38.1 Å². The van der Waals surface area contributed by atoms with Gasteiger partial charge >= 0.3 is 5.97 Å². The Kier molecular flexibility index (Phi) is 5.56. The number of hydrogen-bond donors (Lipinski definition) is 0. The number of rotatable bonds is 4. The third-order valence-electron chi connectivity index (χ3n) is 9.44. The van der Waals surface area contributed by atoms with Crippen molar-refractivity contribution in [2.24, 2.45) is 28.6 Å². The Hall–Kier alpha value is -1.94. The smallest absolute Gasteiger partial charge is 0.302 e. The molecule has 0 bridgehead atoms. The van der Waals surface area contributed by atoms with Gasteiger partial charge < -0.3 is 9.47 Å². The zero-order valence-electron chi connectivity index (χ0n) is 19.6. The van der Waals surface area contributed by atoms with Gasteiger partial charge in [-0.05, 0) is 72.8 Å². The molecule has 172 valence electrons. The van der Waals surface area contributed by atoms with E-state index in [9.17, 15) is 9.59 Å². The summed E-state index contributed by atoms with van der Waals surface area (Å²) in [5, 5.41) is 0. The van der Waals surface area contributed by atoms with E-state index in [1.165, 1.54) is 18.1 Å². The Labute approximate surface area is 191 Å². The first-order chi connectivity index (χ1) is 15.3. The van der Waals surface area contributed by atoms with Crippen LogP contribution >= 0.6 is 0 Å². The Morgan fingerprint density at radius 2 is 1.81 bits per heavy atom. The second kappa shape index (κ2) is 8.13. The topological polar surface area (TPSA) is 52.6 Å². The second-order valence-corrected chi connectivity index (χ2v) is 11.1. The van der Waals surface area contributed by atoms with Gasteiger partial charge in [0, 0.05) is 19.3 Å². The van der Waals surface area contributed by atoms with Crippen LogP contribution in [0.25, 0.3) is 0 Å². The molecule has 0 unspecified atom stereocenters. The molecule has 0 heterocycles. The second-order valence-electron chi connectivity index (χ2n) is 11.1. The number of carbonyl (C=O) groups excluding carboxylic acids is 2. The minimum absolute atomic E-state index is 0.0551. The van der Waals surface area contributed by atoms with E-state index in [0.29, 0.717) is 24.2 Å². The van der Waals surface area contributed by atoms with Crippen LogP contribution in [0.15, 0.2) is 42.0 Å². The summed E-state index contributed by atoms with van der Waals surface area (Å²) in [6, 6.07) is 10.4. The number of esters is 1. The van der Waals surface area contributed by atoms with Crippen LogP contribution in [0.1, 0.15) is 71.3 Å². The quantitative estimate of drug-likeness (QED) is 0.573. The van der Waals surface area contributed by atoms with Gasteiger partial charge in [0.2, 0.25) is 0 Å². The first kappa shape index (κ1) is 21.9. The van der Waals surface area contributed by atoms with Crippen LogP contribution < -0.4 is 0 Å². The lowest BCUT2D eigenvalue weighted by Crippen LogP contribution is -2.54. The molecule has 3 saturated carbocycles. The zero-order valence-corrected chi connectivity index (χ0v) is 19.6. The Bertz CT molecular complexity index is 921. The maximum absolute atomic E-state index is 13.5. The molecule has 0 N–H and O–H groups in total. The van der Waals surface area contributed by atoms with Gasteiger partial charge in [-0.25, -0.2) is 0 Å². The Balaban J connectivity index is 1.35. The van der Waals surface area contributed by atoms with E-state index >= 15 is 0 Å². The van der Waals surface area contributed by atoms with Crippen molar-refractivity contribution in [3.05, 3.63) is 47.5 Å². The fourth-order valence-corrected chi connectivity index (χ4v) is 7.70. The van der Waals surface area contributed by atoms with Gasteiger partial charge in [-0.1, -0.05) is 49.8 Å². The lowest BCUT2D eigenvalue weighted by Gasteiger charge is -2.57. The maximum atomic E-state index is 13.5. The van der Waals surface area contributed by atoms with Crippen LogP contribution in [0, 0.1) is 28.6 Å². The normalized spacial score (nSPS) is 40.7. The third-order valence-corrected chi connectivity index (χ3v) is 9.44. The van der Waals surface area contributed by atoms with Crippen LogP contribution in [0.4, 0.5) is 0 Å². The summed E-state index contributed by atoms with van der Waals surface area (Å²) >= 11 is 0. The van der Waals surface area contributed by atoms with Crippen molar-refractivity contribution >= 4 is 11.8 Å². The maximum Gasteiger partial charge on any atom is 0.302 e. The van der Waals surface area contributed by atoms with E-state index in [1.54, 1.807) is 0 Å². The molecule has 5 rings (SSSR count). The van der Waals surface area contributed by atoms with Crippen LogP contribution in [0.2, 0.25) is 0 Å². The largest absolute Gasteiger partial charge is 0.462 e. The molecule has 4 nitrogen and oxygen atoms in total. The molecule has 0 aromatic heterocycles. The number of fused-ring (bicyclic) bond motifs is 5. The molecule has 0 aliphatic heterocycles. The fourth-order valence-electron chi connectivity index (χ4n) is 7.70. The summed E-state index contributed by atoms with van der Waals surface area (Å²) in [5.74, 6) is 0.999. The van der Waals surface area contributed by atoms with Gasteiger partial charge in [0.25, 0.3) is 0 Å². The van der Waals surface area contributed by atoms with Crippen molar-refractivity contribution in [3.63, 3.8) is 0 Å². The highest BCUT2D eigenvalue weighted by Gasteiger charge is 2.61. The number of ether oxygens (including phenoxy) is 2. The average Bonchev–Trinajstić information content (AvgIpc) is 3.10. The number of ketones is 1. The van der Waals surface area contributed by atoms with E-state index in [1.807, 2.05) is 12.1 Å². The van der Waals surface area contributed by atoms with Crippen molar-refractivity contribution in [3.8, 4) is 0 Å². The highest BCUT2D eigenvalue weighted by atomic mass is 16.5. The molecule has 0 spiro atoms. The summed E-state index contributed by atoms with van der Waals surface area (Å²) < 4.78 is 12.0. The van der Waals surface area contributed by atoms with E-state index in [0.717, 1.165) is 44.9 Å². The van der Waals surface area contributed by atoms with E-state index in [-0.39, 0.29) is 34.9 Å². The van der Waals surface area contributed by atoms with Gasteiger partial charge in [0.15, 0.2) is 5.78 Å². The molecule has 1 aromatic rings. The highest BCUT2D eigenvalue weighted by molar-refractivity contribution is 5.94. The van der Waals surface area contributed by atoms with Gasteiger partial charge in [-0.15, -0.1) is 0 Å². The lowest BCUT2D eigenvalue weighted by atomic mass is 9.47. The van der Waals surface area contributed by atoms with Crippen molar-refractivity contribution < 1.29 is 19.1 Å². The summed E-state index contributed by atoms with van der Waals surface area (Å²) in [5.41, 5.74) is 2.56. The average molecular weight is 437 g/mol. The standard InChI is InChI=1S/C28H36O4/c1-18(29)32-21-11-13-27(2)20(15-21)16-24(30)26-22-9-10-25(28(22,3)14-12-23(26)27)31-17-19-7-5-4-6-8-19/h4-8,16,21-23,25-26H,9-15,17H2,1-3H3/t21-,22+,23+,25-,26+,27-,28+/m0/s1. The van der Waals surface area contributed by atoms with Crippen molar-refractivity contribution in [2.75, 3.05) is 0 Å². The molecule has 0 saturated heterocycles. The molecule has 3 fully saturated rings. The molecule has 32 heavy (non-hydrogen) atoms. The Morgan fingerprint density at radius 1 is 1.03 bits per heavy atom. The van der Waals surface area contributed by atoms with Gasteiger partial charge in [-0.2, -0.15) is 0 Å². The molecular formula is C28H36O4. The fraction of sp³-hybridized carbons (Fsp3) is 0.643. The summed E-state index contributed by atoms with van der Waals surface area (Å²) in [4.78, 5) is 25.0. The first-order valence-corrected chi connectivity index (χ1v) is 12.4. The molecule has 0 radical (unpaired) electrons. The summed E-state index contributed by atoms with van der Waals surface area (Å²) in [6.45, 7) is 6.87. The summed E-state index contributed by atoms with van der Waals surface area (Å²) in [6.07, 6.45) is 9.05. The summed E-state index contributed by atoms with van der Waals surface area (Å²) in [7, 11) is 0. The molecule has 0 amide bonds.